The minimum atomic E-state index is 0.670. The summed E-state index contributed by atoms with van der Waals surface area (Å²) in [5, 5.41) is 0. The summed E-state index contributed by atoms with van der Waals surface area (Å²) in [7, 11) is 0. The first-order chi connectivity index (χ1) is 11.3. The van der Waals surface area contributed by atoms with E-state index < -0.39 is 0 Å². The first-order valence-corrected chi connectivity index (χ1v) is 7.77. The van der Waals surface area contributed by atoms with Gasteiger partial charge in [0, 0.05) is 43.3 Å². The molecule has 5 heteroatoms. The molecule has 5 nitrogen and oxygen atoms in total. The SMILES string of the molecule is CCN(CC)c1cc(-c2ccccn2)nc(-c2cccnc2)n1. The monoisotopic (exact) mass is 305 g/mol. The summed E-state index contributed by atoms with van der Waals surface area (Å²) in [5.41, 5.74) is 2.56. The Morgan fingerprint density at radius 2 is 1.78 bits per heavy atom. The van der Waals surface area contributed by atoms with Crippen molar-refractivity contribution in [2.24, 2.45) is 0 Å². The summed E-state index contributed by atoms with van der Waals surface area (Å²) < 4.78 is 0. The van der Waals surface area contributed by atoms with Crippen LogP contribution < -0.4 is 4.90 Å². The van der Waals surface area contributed by atoms with Crippen LogP contribution in [0.15, 0.2) is 55.0 Å². The van der Waals surface area contributed by atoms with Gasteiger partial charge in [-0.1, -0.05) is 6.07 Å². The standard InChI is InChI=1S/C18H19N5/c1-3-23(4-2)17-12-16(15-9-5-6-11-20-15)21-18(22-17)14-8-7-10-19-13-14/h5-13H,3-4H2,1-2H3. The van der Waals surface area contributed by atoms with Crippen LogP contribution in [-0.4, -0.2) is 33.0 Å². The molecule has 0 aliphatic rings. The van der Waals surface area contributed by atoms with Gasteiger partial charge in [-0.25, -0.2) is 9.97 Å². The van der Waals surface area contributed by atoms with E-state index in [1.165, 1.54) is 0 Å². The molecule has 0 unspecified atom stereocenters. The van der Waals surface area contributed by atoms with E-state index in [-0.39, 0.29) is 0 Å². The lowest BCUT2D eigenvalue weighted by molar-refractivity contribution is 0.843. The van der Waals surface area contributed by atoms with Crippen molar-refractivity contribution in [1.29, 1.82) is 0 Å². The molecule has 0 aliphatic carbocycles. The van der Waals surface area contributed by atoms with Crippen LogP contribution in [0.5, 0.6) is 0 Å². The highest BCUT2D eigenvalue weighted by atomic mass is 15.2. The highest BCUT2D eigenvalue weighted by molar-refractivity contribution is 5.65. The molecule has 3 heterocycles. The summed E-state index contributed by atoms with van der Waals surface area (Å²) in [6.07, 6.45) is 5.30. The normalized spacial score (nSPS) is 10.5. The van der Waals surface area contributed by atoms with Gasteiger partial charge in [0.05, 0.1) is 11.4 Å². The maximum absolute atomic E-state index is 4.72. The number of pyridine rings is 2. The highest BCUT2D eigenvalue weighted by Gasteiger charge is 2.12. The predicted octanol–water partition coefficient (Wildman–Crippen LogP) is 3.45. The van der Waals surface area contributed by atoms with Gasteiger partial charge in [-0.15, -0.1) is 0 Å². The van der Waals surface area contributed by atoms with Crippen LogP contribution in [0, 0.1) is 0 Å². The van der Waals surface area contributed by atoms with Gasteiger partial charge in [0.15, 0.2) is 5.82 Å². The summed E-state index contributed by atoms with van der Waals surface area (Å²) in [6.45, 7) is 6.02. The lowest BCUT2D eigenvalue weighted by Crippen LogP contribution is -2.23. The first-order valence-electron chi connectivity index (χ1n) is 7.77. The van der Waals surface area contributed by atoms with E-state index in [4.69, 9.17) is 4.98 Å². The van der Waals surface area contributed by atoms with Crippen molar-refractivity contribution in [3.63, 3.8) is 0 Å². The summed E-state index contributed by atoms with van der Waals surface area (Å²) in [5.74, 6) is 1.58. The zero-order chi connectivity index (χ0) is 16.1. The molecule has 0 bridgehead atoms. The second-order valence-corrected chi connectivity index (χ2v) is 5.06. The van der Waals surface area contributed by atoms with E-state index in [0.29, 0.717) is 5.82 Å². The van der Waals surface area contributed by atoms with Gasteiger partial charge in [-0.2, -0.15) is 0 Å². The van der Waals surface area contributed by atoms with Crippen LogP contribution in [0.1, 0.15) is 13.8 Å². The molecular weight excluding hydrogens is 286 g/mol. The average Bonchev–Trinajstić information content (AvgIpc) is 2.64. The van der Waals surface area contributed by atoms with Crippen LogP contribution in [0.25, 0.3) is 22.8 Å². The van der Waals surface area contributed by atoms with Gasteiger partial charge < -0.3 is 4.90 Å². The maximum atomic E-state index is 4.72. The lowest BCUT2D eigenvalue weighted by atomic mass is 10.2. The number of aromatic nitrogens is 4. The molecule has 0 N–H and O–H groups in total. The Morgan fingerprint density at radius 1 is 0.913 bits per heavy atom. The van der Waals surface area contributed by atoms with Crippen LogP contribution in [0.2, 0.25) is 0 Å². The zero-order valence-corrected chi connectivity index (χ0v) is 13.3. The summed E-state index contributed by atoms with van der Waals surface area (Å²) in [6, 6.07) is 11.7. The van der Waals surface area contributed by atoms with Crippen molar-refractivity contribution in [3.8, 4) is 22.8 Å². The van der Waals surface area contributed by atoms with Crippen molar-refractivity contribution < 1.29 is 0 Å². The Balaban J connectivity index is 2.15. The van der Waals surface area contributed by atoms with Crippen LogP contribution >= 0.6 is 0 Å². The molecule has 3 aromatic rings. The third kappa shape index (κ3) is 3.34. The van der Waals surface area contributed by atoms with E-state index in [0.717, 1.165) is 35.9 Å². The van der Waals surface area contributed by atoms with Crippen molar-refractivity contribution in [2.75, 3.05) is 18.0 Å². The Kier molecular flexibility index (Phi) is 4.57. The lowest BCUT2D eigenvalue weighted by Gasteiger charge is -2.21. The second-order valence-electron chi connectivity index (χ2n) is 5.06. The summed E-state index contributed by atoms with van der Waals surface area (Å²) >= 11 is 0. The Labute approximate surface area is 136 Å². The van der Waals surface area contributed by atoms with E-state index in [2.05, 4.69) is 33.7 Å². The van der Waals surface area contributed by atoms with Gasteiger partial charge in [0.1, 0.15) is 5.82 Å². The topological polar surface area (TPSA) is 54.8 Å². The quantitative estimate of drug-likeness (QED) is 0.722. The highest BCUT2D eigenvalue weighted by Crippen LogP contribution is 2.24. The molecule has 0 fully saturated rings. The number of anilines is 1. The zero-order valence-electron chi connectivity index (χ0n) is 13.3. The molecule has 0 atom stereocenters. The van der Waals surface area contributed by atoms with Crippen molar-refractivity contribution in [1.82, 2.24) is 19.9 Å². The largest absolute Gasteiger partial charge is 0.357 e. The number of hydrogen-bond acceptors (Lipinski definition) is 5. The van der Waals surface area contributed by atoms with Gasteiger partial charge in [-0.3, -0.25) is 9.97 Å². The van der Waals surface area contributed by atoms with Gasteiger partial charge in [0.25, 0.3) is 0 Å². The van der Waals surface area contributed by atoms with E-state index in [9.17, 15) is 0 Å². The second kappa shape index (κ2) is 6.96. The molecule has 0 aliphatic heterocycles. The fourth-order valence-corrected chi connectivity index (χ4v) is 2.41. The minimum absolute atomic E-state index is 0.670. The fourth-order valence-electron chi connectivity index (χ4n) is 2.41. The third-order valence-electron chi connectivity index (χ3n) is 3.65. The Morgan fingerprint density at radius 3 is 2.43 bits per heavy atom. The molecule has 0 radical (unpaired) electrons. The Bertz CT molecular complexity index is 697. The van der Waals surface area contributed by atoms with Crippen molar-refractivity contribution in [3.05, 3.63) is 55.0 Å². The molecule has 3 rings (SSSR count). The molecule has 0 spiro atoms. The van der Waals surface area contributed by atoms with Gasteiger partial charge in [-0.05, 0) is 38.1 Å². The predicted molar refractivity (Wildman–Crippen MR) is 92.1 cm³/mol. The molecule has 0 saturated heterocycles. The molecule has 0 saturated carbocycles. The Hall–Kier alpha value is -2.82. The van der Waals surface area contributed by atoms with Gasteiger partial charge >= 0.3 is 0 Å². The van der Waals surface area contributed by atoms with E-state index in [1.807, 2.05) is 36.4 Å². The molecule has 116 valence electrons. The van der Waals surface area contributed by atoms with Crippen LogP contribution in [0.3, 0.4) is 0 Å². The minimum Gasteiger partial charge on any atom is -0.357 e. The molecule has 3 aromatic heterocycles. The van der Waals surface area contributed by atoms with Crippen molar-refractivity contribution in [2.45, 2.75) is 13.8 Å². The molecular formula is C18H19N5. The smallest absolute Gasteiger partial charge is 0.163 e. The van der Waals surface area contributed by atoms with Crippen LogP contribution in [0.4, 0.5) is 5.82 Å². The summed E-state index contributed by atoms with van der Waals surface area (Å²) in [4.78, 5) is 20.2. The number of rotatable bonds is 5. The van der Waals surface area contributed by atoms with E-state index in [1.54, 1.807) is 18.6 Å². The number of hydrogen-bond donors (Lipinski definition) is 0. The number of nitrogens with zero attached hydrogens (tertiary/aromatic N) is 5. The molecule has 0 amide bonds. The average molecular weight is 305 g/mol. The maximum Gasteiger partial charge on any atom is 0.163 e. The first kappa shape index (κ1) is 15.1. The van der Waals surface area contributed by atoms with Crippen LogP contribution in [-0.2, 0) is 0 Å². The fraction of sp³-hybridized carbons (Fsp3) is 0.222. The van der Waals surface area contributed by atoms with Crippen molar-refractivity contribution >= 4 is 5.82 Å². The van der Waals surface area contributed by atoms with E-state index >= 15 is 0 Å². The molecule has 0 aromatic carbocycles. The third-order valence-corrected chi connectivity index (χ3v) is 3.65. The molecule has 23 heavy (non-hydrogen) atoms. The van der Waals surface area contributed by atoms with Gasteiger partial charge in [0.2, 0.25) is 0 Å².